The van der Waals surface area contributed by atoms with Gasteiger partial charge in [0.2, 0.25) is 0 Å². The Morgan fingerprint density at radius 1 is 1.47 bits per heavy atom. The van der Waals surface area contributed by atoms with Crippen molar-refractivity contribution < 1.29 is 5.11 Å². The molecular formula is C8H10BrClN4O. The first-order valence-corrected chi connectivity index (χ1v) is 4.63. The molecule has 0 spiro atoms. The number of fused-ring (bicyclic) bond motifs is 1. The molecule has 2 heterocycles. The van der Waals surface area contributed by atoms with E-state index >= 15 is 0 Å². The number of rotatable bonds is 2. The fourth-order valence-corrected chi connectivity index (χ4v) is 1.42. The number of hydrogen-bond acceptors (Lipinski definition) is 4. The van der Waals surface area contributed by atoms with Crippen LogP contribution in [0.1, 0.15) is 19.6 Å². The van der Waals surface area contributed by atoms with Crippen LogP contribution in [-0.4, -0.2) is 24.6 Å². The maximum atomic E-state index is 9.63. The Morgan fingerprint density at radius 3 is 2.87 bits per heavy atom. The zero-order valence-corrected chi connectivity index (χ0v) is 10.4. The van der Waals surface area contributed by atoms with Crippen LogP contribution in [-0.2, 0) is 0 Å². The van der Waals surface area contributed by atoms with Gasteiger partial charge in [-0.15, -0.1) is 17.0 Å². The predicted octanol–water partition coefficient (Wildman–Crippen LogP) is 1.96. The molecule has 2 aromatic rings. The molecule has 82 valence electrons. The number of halogens is 2. The molecule has 0 bridgehead atoms. The average molecular weight is 294 g/mol. The number of hydrogen-bond donors (Lipinski definition) is 1. The van der Waals surface area contributed by atoms with Gasteiger partial charge in [0, 0.05) is 0 Å². The molecule has 5 nitrogen and oxygen atoms in total. The van der Waals surface area contributed by atoms with Gasteiger partial charge in [0.25, 0.3) is 0 Å². The lowest BCUT2D eigenvalue weighted by molar-refractivity contribution is 0.103. The Balaban J connectivity index is 0.00000112. The zero-order valence-electron chi connectivity index (χ0n) is 7.96. The summed E-state index contributed by atoms with van der Waals surface area (Å²) >= 11 is 5.81. The number of aliphatic hydroxyl groups is 1. The molecule has 1 atom stereocenters. The molecule has 7 heteroatoms. The van der Waals surface area contributed by atoms with Crippen LogP contribution >= 0.6 is 28.6 Å². The van der Waals surface area contributed by atoms with Gasteiger partial charge in [-0.25, -0.2) is 15.0 Å². The van der Waals surface area contributed by atoms with Gasteiger partial charge >= 0.3 is 0 Å². The normalized spacial score (nSPS) is 12.5. The van der Waals surface area contributed by atoms with Crippen molar-refractivity contribution in [3.05, 3.63) is 17.8 Å². The van der Waals surface area contributed by atoms with Crippen molar-refractivity contribution in [1.82, 2.24) is 19.5 Å². The third-order valence-corrected chi connectivity index (χ3v) is 2.28. The van der Waals surface area contributed by atoms with Crippen molar-refractivity contribution >= 4 is 39.7 Å². The van der Waals surface area contributed by atoms with Crippen molar-refractivity contribution in [2.24, 2.45) is 0 Å². The summed E-state index contributed by atoms with van der Waals surface area (Å²) in [6, 6.07) is 0. The second kappa shape index (κ2) is 4.87. The van der Waals surface area contributed by atoms with Gasteiger partial charge in [0.1, 0.15) is 18.1 Å². The lowest BCUT2D eigenvalue weighted by atomic mass is 10.4. The van der Waals surface area contributed by atoms with E-state index in [9.17, 15) is 5.11 Å². The van der Waals surface area contributed by atoms with Crippen LogP contribution in [0.3, 0.4) is 0 Å². The summed E-state index contributed by atoms with van der Waals surface area (Å²) in [5.41, 5.74) is 1.07. The van der Waals surface area contributed by atoms with Gasteiger partial charge in [-0.3, -0.25) is 4.57 Å². The summed E-state index contributed by atoms with van der Waals surface area (Å²) in [7, 11) is 0. The Hall–Kier alpha value is -0.720. The standard InChI is InChI=1S/C8H9ClN4O.BrH/c1-2-5(14)13-4-12-6-7(9)10-3-11-8(6)13;/h3-5,14H,2H2,1H3;1H. The van der Waals surface area contributed by atoms with Crippen molar-refractivity contribution in [3.63, 3.8) is 0 Å². The van der Waals surface area contributed by atoms with E-state index in [1.165, 1.54) is 12.7 Å². The number of aliphatic hydroxyl groups excluding tert-OH is 1. The SMILES string of the molecule is Br.CCC(O)n1cnc2c(Cl)ncnc21. The van der Waals surface area contributed by atoms with E-state index in [0.717, 1.165) is 0 Å². The molecule has 0 aromatic carbocycles. The maximum Gasteiger partial charge on any atom is 0.166 e. The van der Waals surface area contributed by atoms with E-state index in [-0.39, 0.29) is 17.0 Å². The maximum absolute atomic E-state index is 9.63. The van der Waals surface area contributed by atoms with Gasteiger partial charge < -0.3 is 5.11 Å². The highest BCUT2D eigenvalue weighted by molar-refractivity contribution is 8.93. The number of aromatic nitrogens is 4. The molecule has 0 aliphatic rings. The molecule has 0 radical (unpaired) electrons. The molecule has 0 fully saturated rings. The van der Waals surface area contributed by atoms with Gasteiger partial charge in [-0.2, -0.15) is 0 Å². The summed E-state index contributed by atoms with van der Waals surface area (Å²) < 4.78 is 1.57. The Labute approximate surface area is 102 Å². The fraction of sp³-hybridized carbons (Fsp3) is 0.375. The summed E-state index contributed by atoms with van der Waals surface area (Å²) in [6.07, 6.45) is 2.84. The van der Waals surface area contributed by atoms with Crippen molar-refractivity contribution in [1.29, 1.82) is 0 Å². The number of imidazole rings is 1. The molecule has 1 N–H and O–H groups in total. The second-order valence-electron chi connectivity index (χ2n) is 2.88. The minimum atomic E-state index is -0.619. The first-order chi connectivity index (χ1) is 6.74. The first kappa shape index (κ1) is 12.4. The molecule has 2 rings (SSSR count). The van der Waals surface area contributed by atoms with E-state index < -0.39 is 6.23 Å². The quantitative estimate of drug-likeness (QED) is 0.860. The summed E-state index contributed by atoms with van der Waals surface area (Å²) in [6.45, 7) is 1.87. The smallest absolute Gasteiger partial charge is 0.166 e. The van der Waals surface area contributed by atoms with E-state index in [0.29, 0.717) is 22.7 Å². The molecule has 1 unspecified atom stereocenters. The minimum absolute atomic E-state index is 0. The topological polar surface area (TPSA) is 63.8 Å². The molecule has 0 aliphatic carbocycles. The highest BCUT2D eigenvalue weighted by Crippen LogP contribution is 2.20. The third-order valence-electron chi connectivity index (χ3n) is 2.00. The van der Waals surface area contributed by atoms with Crippen LogP contribution in [0, 0.1) is 0 Å². The molecule has 0 saturated carbocycles. The third kappa shape index (κ3) is 2.11. The Kier molecular flexibility index (Phi) is 4.01. The van der Waals surface area contributed by atoms with E-state index in [1.807, 2.05) is 6.92 Å². The van der Waals surface area contributed by atoms with Crippen LogP contribution in [0.5, 0.6) is 0 Å². The molecular weight excluding hydrogens is 283 g/mol. The molecule has 0 aliphatic heterocycles. The molecule has 0 amide bonds. The van der Waals surface area contributed by atoms with Crippen LogP contribution in [0.4, 0.5) is 0 Å². The molecule has 2 aromatic heterocycles. The predicted molar refractivity (Wildman–Crippen MR) is 62.2 cm³/mol. The summed E-state index contributed by atoms with van der Waals surface area (Å²) in [5.74, 6) is 0. The lowest BCUT2D eigenvalue weighted by Crippen LogP contribution is -2.06. The fourth-order valence-electron chi connectivity index (χ4n) is 1.24. The Morgan fingerprint density at radius 2 is 2.20 bits per heavy atom. The lowest BCUT2D eigenvalue weighted by Gasteiger charge is -2.08. The van der Waals surface area contributed by atoms with Crippen LogP contribution in [0.2, 0.25) is 5.15 Å². The van der Waals surface area contributed by atoms with Gasteiger partial charge in [-0.05, 0) is 6.42 Å². The molecule has 0 saturated heterocycles. The molecule has 15 heavy (non-hydrogen) atoms. The van der Waals surface area contributed by atoms with E-state index in [2.05, 4.69) is 15.0 Å². The van der Waals surface area contributed by atoms with E-state index in [4.69, 9.17) is 11.6 Å². The van der Waals surface area contributed by atoms with Crippen LogP contribution in [0.15, 0.2) is 12.7 Å². The number of nitrogens with zero attached hydrogens (tertiary/aromatic N) is 4. The zero-order chi connectivity index (χ0) is 10.1. The van der Waals surface area contributed by atoms with Gasteiger partial charge in [0.05, 0.1) is 6.33 Å². The summed E-state index contributed by atoms with van der Waals surface area (Å²) in [4.78, 5) is 11.9. The first-order valence-electron chi connectivity index (χ1n) is 4.25. The second-order valence-corrected chi connectivity index (χ2v) is 3.24. The van der Waals surface area contributed by atoms with Crippen molar-refractivity contribution in [3.8, 4) is 0 Å². The Bertz CT molecular complexity index is 461. The van der Waals surface area contributed by atoms with Crippen LogP contribution in [0.25, 0.3) is 11.2 Å². The largest absolute Gasteiger partial charge is 0.373 e. The average Bonchev–Trinajstić information content (AvgIpc) is 2.62. The monoisotopic (exact) mass is 292 g/mol. The van der Waals surface area contributed by atoms with Gasteiger partial charge in [0.15, 0.2) is 10.8 Å². The van der Waals surface area contributed by atoms with Crippen molar-refractivity contribution in [2.75, 3.05) is 0 Å². The summed E-state index contributed by atoms with van der Waals surface area (Å²) in [5, 5.41) is 9.93. The van der Waals surface area contributed by atoms with Crippen LogP contribution < -0.4 is 0 Å². The van der Waals surface area contributed by atoms with Crippen molar-refractivity contribution in [2.45, 2.75) is 19.6 Å². The van der Waals surface area contributed by atoms with Gasteiger partial charge in [-0.1, -0.05) is 18.5 Å². The minimum Gasteiger partial charge on any atom is -0.373 e. The van der Waals surface area contributed by atoms with E-state index in [1.54, 1.807) is 4.57 Å². The highest BCUT2D eigenvalue weighted by atomic mass is 79.9. The highest BCUT2D eigenvalue weighted by Gasteiger charge is 2.12.